The summed E-state index contributed by atoms with van der Waals surface area (Å²) < 4.78 is 16.9. The highest BCUT2D eigenvalue weighted by Crippen LogP contribution is 2.16. The lowest BCUT2D eigenvalue weighted by Crippen LogP contribution is -2.30. The van der Waals surface area contributed by atoms with Gasteiger partial charge >= 0.3 is 17.9 Å². The zero-order chi connectivity index (χ0) is 57.8. The minimum Gasteiger partial charge on any atom is -0.462 e. The molecule has 0 heterocycles. The van der Waals surface area contributed by atoms with Crippen LogP contribution in [0.3, 0.4) is 0 Å². The fraction of sp³-hybridized carbons (Fsp3) is 0.716. The van der Waals surface area contributed by atoms with Crippen LogP contribution in [-0.4, -0.2) is 37.2 Å². The Morgan fingerprint density at radius 1 is 0.263 bits per heavy atom. The molecule has 0 aromatic rings. The van der Waals surface area contributed by atoms with E-state index in [0.717, 1.165) is 128 Å². The van der Waals surface area contributed by atoms with Crippen molar-refractivity contribution >= 4 is 17.9 Å². The molecule has 0 saturated heterocycles. The lowest BCUT2D eigenvalue weighted by molar-refractivity contribution is -0.167. The van der Waals surface area contributed by atoms with Crippen LogP contribution in [0.5, 0.6) is 0 Å². The molecule has 0 aliphatic heterocycles. The van der Waals surface area contributed by atoms with Crippen molar-refractivity contribution in [3.8, 4) is 0 Å². The maximum atomic E-state index is 12.9. The molecule has 0 aliphatic rings. The molecule has 0 bridgehead atoms. The Bertz CT molecular complexity index is 1610. The van der Waals surface area contributed by atoms with Gasteiger partial charge < -0.3 is 14.2 Å². The lowest BCUT2D eigenvalue weighted by atomic mass is 10.0. The van der Waals surface area contributed by atoms with Crippen LogP contribution in [0, 0.1) is 0 Å². The maximum Gasteiger partial charge on any atom is 0.306 e. The van der Waals surface area contributed by atoms with E-state index in [2.05, 4.69) is 130 Å². The van der Waals surface area contributed by atoms with Gasteiger partial charge in [-0.1, -0.05) is 291 Å². The molecular weight excluding hydrogens is 985 g/mol. The van der Waals surface area contributed by atoms with E-state index >= 15 is 0 Å². The second kappa shape index (κ2) is 67.6. The Kier molecular flexibility index (Phi) is 64.3. The van der Waals surface area contributed by atoms with Gasteiger partial charge in [0.25, 0.3) is 0 Å². The van der Waals surface area contributed by atoms with Crippen LogP contribution in [0.1, 0.15) is 323 Å². The quantitative estimate of drug-likeness (QED) is 0.0261. The number of unbranched alkanes of at least 4 members (excludes halogenated alkanes) is 32. The number of carbonyl (C=O) groups excluding carboxylic acids is 3. The summed E-state index contributed by atoms with van der Waals surface area (Å²) in [4.78, 5) is 38.4. The van der Waals surface area contributed by atoms with Crippen molar-refractivity contribution in [2.24, 2.45) is 0 Å². The SMILES string of the molecule is CC/C=C\C/C=C\C/C=C\C/C=C\CCCCCCCCCCC(=O)OC(COC(=O)CCCCCCC/C=C\C/C=C\CCCC)COC(=O)CCCCCCCCCCCCCC/C=C\C/C=C\C/C=C\CCCCCCC. The van der Waals surface area contributed by atoms with E-state index in [9.17, 15) is 14.4 Å². The van der Waals surface area contributed by atoms with E-state index in [1.807, 2.05) is 0 Å². The minimum atomic E-state index is -0.792. The average Bonchev–Trinajstić information content (AvgIpc) is 3.46. The van der Waals surface area contributed by atoms with Gasteiger partial charge in [-0.3, -0.25) is 14.4 Å². The Labute approximate surface area is 495 Å². The zero-order valence-electron chi connectivity index (χ0n) is 52.6. The number of ether oxygens (including phenoxy) is 3. The van der Waals surface area contributed by atoms with Gasteiger partial charge in [-0.2, -0.15) is 0 Å². The summed E-state index contributed by atoms with van der Waals surface area (Å²) in [7, 11) is 0. The summed E-state index contributed by atoms with van der Waals surface area (Å²) in [6.45, 7) is 6.48. The normalized spacial score (nSPS) is 12.8. The summed E-state index contributed by atoms with van der Waals surface area (Å²) in [5.41, 5.74) is 0. The predicted octanol–water partition coefficient (Wildman–Crippen LogP) is 23.4. The molecule has 0 rings (SSSR count). The Morgan fingerprint density at radius 3 is 0.800 bits per heavy atom. The van der Waals surface area contributed by atoms with E-state index in [-0.39, 0.29) is 31.1 Å². The van der Waals surface area contributed by atoms with E-state index in [1.165, 1.54) is 154 Å². The van der Waals surface area contributed by atoms with Gasteiger partial charge in [-0.15, -0.1) is 0 Å². The Balaban J connectivity index is 4.33. The molecule has 0 aromatic carbocycles. The lowest BCUT2D eigenvalue weighted by Gasteiger charge is -2.18. The molecule has 0 saturated carbocycles. The van der Waals surface area contributed by atoms with E-state index in [1.54, 1.807) is 0 Å². The highest BCUT2D eigenvalue weighted by atomic mass is 16.6. The van der Waals surface area contributed by atoms with E-state index in [0.29, 0.717) is 19.3 Å². The second-order valence-electron chi connectivity index (χ2n) is 22.3. The number of hydrogen-bond donors (Lipinski definition) is 0. The zero-order valence-corrected chi connectivity index (χ0v) is 52.6. The van der Waals surface area contributed by atoms with Crippen LogP contribution in [0.25, 0.3) is 0 Å². The summed E-state index contributed by atoms with van der Waals surface area (Å²) in [6.07, 6.45) is 92.4. The number of hydrogen-bond acceptors (Lipinski definition) is 6. The van der Waals surface area contributed by atoms with Gasteiger partial charge in [0.2, 0.25) is 0 Å². The fourth-order valence-electron chi connectivity index (χ4n) is 9.40. The summed E-state index contributed by atoms with van der Waals surface area (Å²) in [5.74, 6) is -0.902. The van der Waals surface area contributed by atoms with Crippen molar-refractivity contribution in [1.29, 1.82) is 0 Å². The highest BCUT2D eigenvalue weighted by Gasteiger charge is 2.19. The summed E-state index contributed by atoms with van der Waals surface area (Å²) in [5, 5.41) is 0. The number of esters is 3. The van der Waals surface area contributed by atoms with Crippen LogP contribution in [0.2, 0.25) is 0 Å². The van der Waals surface area contributed by atoms with Crippen LogP contribution >= 0.6 is 0 Å². The Morgan fingerprint density at radius 2 is 0.500 bits per heavy atom. The van der Waals surface area contributed by atoms with Crippen molar-refractivity contribution in [2.75, 3.05) is 13.2 Å². The van der Waals surface area contributed by atoms with E-state index < -0.39 is 6.10 Å². The molecule has 6 nitrogen and oxygen atoms in total. The number of allylic oxidation sites excluding steroid dienone is 18. The first-order valence-electron chi connectivity index (χ1n) is 33.9. The summed E-state index contributed by atoms with van der Waals surface area (Å²) >= 11 is 0. The molecule has 6 heteroatoms. The molecule has 80 heavy (non-hydrogen) atoms. The van der Waals surface area contributed by atoms with Crippen LogP contribution in [0.15, 0.2) is 109 Å². The molecule has 0 fully saturated rings. The minimum absolute atomic E-state index is 0.0869. The van der Waals surface area contributed by atoms with Gasteiger partial charge in [-0.05, 0) is 122 Å². The third-order valence-electron chi connectivity index (χ3n) is 14.5. The molecule has 0 spiro atoms. The van der Waals surface area contributed by atoms with Crippen LogP contribution in [0.4, 0.5) is 0 Å². The summed E-state index contributed by atoms with van der Waals surface area (Å²) in [6, 6.07) is 0. The topological polar surface area (TPSA) is 78.9 Å². The molecular formula is C74H126O6. The van der Waals surface area contributed by atoms with Crippen LogP contribution in [-0.2, 0) is 28.6 Å². The van der Waals surface area contributed by atoms with Gasteiger partial charge in [0.05, 0.1) is 0 Å². The van der Waals surface area contributed by atoms with Crippen molar-refractivity contribution in [1.82, 2.24) is 0 Å². The predicted molar refractivity (Wildman–Crippen MR) is 348 cm³/mol. The highest BCUT2D eigenvalue weighted by molar-refractivity contribution is 5.71. The van der Waals surface area contributed by atoms with Crippen LogP contribution < -0.4 is 0 Å². The molecule has 0 aromatic heterocycles. The monoisotopic (exact) mass is 1110 g/mol. The molecule has 1 atom stereocenters. The van der Waals surface area contributed by atoms with E-state index in [4.69, 9.17) is 14.2 Å². The third-order valence-corrected chi connectivity index (χ3v) is 14.5. The van der Waals surface area contributed by atoms with Gasteiger partial charge in [0.15, 0.2) is 6.10 Å². The molecule has 1 unspecified atom stereocenters. The largest absolute Gasteiger partial charge is 0.462 e. The van der Waals surface area contributed by atoms with Crippen molar-refractivity contribution < 1.29 is 28.6 Å². The molecule has 0 amide bonds. The van der Waals surface area contributed by atoms with Crippen molar-refractivity contribution in [3.05, 3.63) is 109 Å². The molecule has 458 valence electrons. The third kappa shape index (κ3) is 64.9. The first kappa shape index (κ1) is 76.1. The van der Waals surface area contributed by atoms with Crippen molar-refractivity contribution in [3.63, 3.8) is 0 Å². The second-order valence-corrected chi connectivity index (χ2v) is 22.3. The fourth-order valence-corrected chi connectivity index (χ4v) is 9.40. The first-order valence-corrected chi connectivity index (χ1v) is 33.9. The smallest absolute Gasteiger partial charge is 0.306 e. The molecule has 0 radical (unpaired) electrons. The van der Waals surface area contributed by atoms with Gasteiger partial charge in [0, 0.05) is 19.3 Å². The first-order chi connectivity index (χ1) is 39.5. The number of carbonyl (C=O) groups is 3. The van der Waals surface area contributed by atoms with Gasteiger partial charge in [0.1, 0.15) is 13.2 Å². The van der Waals surface area contributed by atoms with Crippen molar-refractivity contribution in [2.45, 2.75) is 329 Å². The standard InChI is InChI=1S/C74H126O6/c1-4-7-10-13-16-19-22-25-28-30-32-34-35-36-37-38-39-41-42-44-46-49-52-55-58-61-64-67-73(76)79-70-71(69-78-72(75)66-63-60-57-54-51-48-27-24-21-18-15-12-9-6-3)80-74(77)68-65-62-59-56-53-50-47-45-43-40-33-31-29-26-23-20-17-14-11-8-5-2/h8,11,15,17-18,20,22,24-27,29-30,32-33,35-36,40,71H,4-7,9-10,12-14,16,19,21,23,28,31,34,37-39,41-70H2,1-3H3/b11-8-,18-15-,20-17-,25-22-,27-24-,29-26-,32-30-,36-35-,40-33-. The Hall–Kier alpha value is -3.93. The van der Waals surface area contributed by atoms with Gasteiger partial charge in [-0.25, -0.2) is 0 Å². The average molecular weight is 1110 g/mol. The number of rotatable bonds is 61. The maximum absolute atomic E-state index is 12.9. The molecule has 0 aliphatic carbocycles. The molecule has 0 N–H and O–H groups in total.